The van der Waals surface area contributed by atoms with Gasteiger partial charge in [0.05, 0.1) is 5.39 Å². The zero-order valence-electron chi connectivity index (χ0n) is 16.0. The molecule has 0 saturated heterocycles. The van der Waals surface area contributed by atoms with Crippen molar-refractivity contribution in [3.05, 3.63) is 72.7 Å². The van der Waals surface area contributed by atoms with Gasteiger partial charge < -0.3 is 9.88 Å². The molecule has 2 aromatic heterocycles. The third kappa shape index (κ3) is 3.43. The topological polar surface area (TPSA) is 42.7 Å². The maximum Gasteiger partial charge on any atom is 0.150 e. The van der Waals surface area contributed by atoms with Crippen molar-refractivity contribution in [1.29, 1.82) is 0 Å². The SMILES string of the molecule is Cc1ccc(-n2cc(-c3ccccc3)c3c(NCC(C)C)ncnc32)cc1. The molecule has 1 N–H and O–H groups in total. The number of anilines is 1. The van der Waals surface area contributed by atoms with E-state index in [1.165, 1.54) is 5.56 Å². The first-order valence-electron chi connectivity index (χ1n) is 9.36. The van der Waals surface area contributed by atoms with E-state index >= 15 is 0 Å². The Kier molecular flexibility index (Phi) is 4.63. The summed E-state index contributed by atoms with van der Waals surface area (Å²) in [7, 11) is 0. The fourth-order valence-corrected chi connectivity index (χ4v) is 3.24. The maximum absolute atomic E-state index is 4.63. The summed E-state index contributed by atoms with van der Waals surface area (Å²) < 4.78 is 2.15. The second-order valence-electron chi connectivity index (χ2n) is 7.31. The van der Waals surface area contributed by atoms with Crippen LogP contribution in [0.3, 0.4) is 0 Å². The molecule has 0 spiro atoms. The molecular formula is C23H24N4. The van der Waals surface area contributed by atoms with Crippen molar-refractivity contribution >= 4 is 16.9 Å². The molecule has 2 heterocycles. The lowest BCUT2D eigenvalue weighted by Crippen LogP contribution is -2.09. The molecule has 0 bridgehead atoms. The van der Waals surface area contributed by atoms with Crippen LogP contribution < -0.4 is 5.32 Å². The molecule has 4 aromatic rings. The summed E-state index contributed by atoms with van der Waals surface area (Å²) in [5.41, 5.74) is 5.56. The number of rotatable bonds is 5. The predicted molar refractivity (Wildman–Crippen MR) is 112 cm³/mol. The number of fused-ring (bicyclic) bond motifs is 1. The Balaban J connectivity index is 1.95. The van der Waals surface area contributed by atoms with E-state index < -0.39 is 0 Å². The highest BCUT2D eigenvalue weighted by atomic mass is 15.1. The lowest BCUT2D eigenvalue weighted by molar-refractivity contribution is 0.687. The van der Waals surface area contributed by atoms with Crippen LogP contribution in [0.4, 0.5) is 5.82 Å². The highest BCUT2D eigenvalue weighted by Gasteiger charge is 2.17. The Hall–Kier alpha value is -3.14. The average Bonchev–Trinajstić information content (AvgIpc) is 3.08. The Bertz CT molecular complexity index is 1050. The van der Waals surface area contributed by atoms with Crippen LogP contribution in [0.2, 0.25) is 0 Å². The summed E-state index contributed by atoms with van der Waals surface area (Å²) in [6.07, 6.45) is 3.81. The van der Waals surface area contributed by atoms with Crippen molar-refractivity contribution in [2.45, 2.75) is 20.8 Å². The summed E-state index contributed by atoms with van der Waals surface area (Å²) in [6, 6.07) is 19.0. The zero-order valence-corrected chi connectivity index (χ0v) is 16.0. The Morgan fingerprint density at radius 2 is 1.70 bits per heavy atom. The van der Waals surface area contributed by atoms with Gasteiger partial charge in [0.15, 0.2) is 5.65 Å². The van der Waals surface area contributed by atoms with Crippen LogP contribution in [0.1, 0.15) is 19.4 Å². The number of hydrogen-bond donors (Lipinski definition) is 1. The van der Waals surface area contributed by atoms with Gasteiger partial charge in [-0.2, -0.15) is 0 Å². The van der Waals surface area contributed by atoms with E-state index in [0.717, 1.165) is 40.2 Å². The van der Waals surface area contributed by atoms with Gasteiger partial charge in [-0.1, -0.05) is 61.9 Å². The summed E-state index contributed by atoms with van der Waals surface area (Å²) in [5, 5.41) is 4.57. The first kappa shape index (κ1) is 17.3. The van der Waals surface area contributed by atoms with Crippen molar-refractivity contribution in [1.82, 2.24) is 14.5 Å². The summed E-state index contributed by atoms with van der Waals surface area (Å²) in [6.45, 7) is 7.36. The first-order valence-corrected chi connectivity index (χ1v) is 9.36. The fourth-order valence-electron chi connectivity index (χ4n) is 3.24. The molecule has 4 nitrogen and oxygen atoms in total. The smallest absolute Gasteiger partial charge is 0.150 e. The third-order valence-electron chi connectivity index (χ3n) is 4.66. The van der Waals surface area contributed by atoms with Crippen molar-refractivity contribution in [2.24, 2.45) is 5.92 Å². The molecule has 0 radical (unpaired) electrons. The van der Waals surface area contributed by atoms with Crippen LogP contribution in [0.5, 0.6) is 0 Å². The molecule has 0 aliphatic rings. The Morgan fingerprint density at radius 1 is 0.963 bits per heavy atom. The van der Waals surface area contributed by atoms with E-state index in [2.05, 4.69) is 95.4 Å². The Labute approximate surface area is 159 Å². The largest absolute Gasteiger partial charge is 0.369 e. The van der Waals surface area contributed by atoms with Gasteiger partial charge in [0.25, 0.3) is 0 Å². The van der Waals surface area contributed by atoms with Gasteiger partial charge in [-0.15, -0.1) is 0 Å². The van der Waals surface area contributed by atoms with E-state index in [1.807, 2.05) is 6.07 Å². The van der Waals surface area contributed by atoms with Crippen molar-refractivity contribution in [2.75, 3.05) is 11.9 Å². The van der Waals surface area contributed by atoms with Gasteiger partial charge in [-0.3, -0.25) is 0 Å². The highest BCUT2D eigenvalue weighted by molar-refractivity contribution is 6.02. The molecule has 0 unspecified atom stereocenters. The Morgan fingerprint density at radius 3 is 2.41 bits per heavy atom. The summed E-state index contributed by atoms with van der Waals surface area (Å²) in [4.78, 5) is 9.18. The molecule has 0 fully saturated rings. The van der Waals surface area contributed by atoms with Gasteiger partial charge in [0, 0.05) is 24.0 Å². The molecule has 27 heavy (non-hydrogen) atoms. The molecule has 0 saturated carbocycles. The van der Waals surface area contributed by atoms with Crippen LogP contribution in [0.25, 0.3) is 27.8 Å². The number of aromatic nitrogens is 3. The van der Waals surface area contributed by atoms with Crippen LogP contribution in [-0.4, -0.2) is 21.1 Å². The van der Waals surface area contributed by atoms with Crippen LogP contribution in [-0.2, 0) is 0 Å². The molecule has 0 aliphatic carbocycles. The van der Waals surface area contributed by atoms with Gasteiger partial charge in [-0.05, 0) is 30.5 Å². The van der Waals surface area contributed by atoms with Gasteiger partial charge in [0.1, 0.15) is 12.1 Å². The fraction of sp³-hybridized carbons (Fsp3) is 0.217. The number of benzene rings is 2. The minimum Gasteiger partial charge on any atom is -0.369 e. The second kappa shape index (κ2) is 7.23. The highest BCUT2D eigenvalue weighted by Crippen LogP contribution is 2.35. The van der Waals surface area contributed by atoms with E-state index in [0.29, 0.717) is 5.92 Å². The number of nitrogens with one attached hydrogen (secondary N) is 1. The van der Waals surface area contributed by atoms with E-state index in [-0.39, 0.29) is 0 Å². The van der Waals surface area contributed by atoms with E-state index in [9.17, 15) is 0 Å². The molecule has 2 aromatic carbocycles. The maximum atomic E-state index is 4.63. The monoisotopic (exact) mass is 356 g/mol. The van der Waals surface area contributed by atoms with Gasteiger partial charge in [0.2, 0.25) is 0 Å². The summed E-state index contributed by atoms with van der Waals surface area (Å²) >= 11 is 0. The molecular weight excluding hydrogens is 332 g/mol. The first-order chi connectivity index (χ1) is 13.1. The van der Waals surface area contributed by atoms with E-state index in [4.69, 9.17) is 0 Å². The molecule has 4 heteroatoms. The quantitative estimate of drug-likeness (QED) is 0.516. The summed E-state index contributed by atoms with van der Waals surface area (Å²) in [5.74, 6) is 1.42. The number of hydrogen-bond acceptors (Lipinski definition) is 3. The normalized spacial score (nSPS) is 11.3. The lowest BCUT2D eigenvalue weighted by Gasteiger charge is -2.10. The average molecular weight is 356 g/mol. The number of aryl methyl sites for hydroxylation is 1. The molecule has 4 rings (SSSR count). The van der Waals surface area contributed by atoms with Crippen molar-refractivity contribution in [3.63, 3.8) is 0 Å². The standard InChI is InChI=1S/C23H24N4/c1-16(2)13-24-22-21-20(18-7-5-4-6-8-18)14-27(23(21)26-15-25-22)19-11-9-17(3)10-12-19/h4-12,14-16H,13H2,1-3H3,(H,24,25,26). The van der Waals surface area contributed by atoms with Gasteiger partial charge >= 0.3 is 0 Å². The minimum atomic E-state index is 0.536. The second-order valence-corrected chi connectivity index (χ2v) is 7.31. The van der Waals surface area contributed by atoms with Crippen molar-refractivity contribution < 1.29 is 0 Å². The minimum absolute atomic E-state index is 0.536. The van der Waals surface area contributed by atoms with Crippen molar-refractivity contribution in [3.8, 4) is 16.8 Å². The lowest BCUT2D eigenvalue weighted by atomic mass is 10.1. The van der Waals surface area contributed by atoms with Crippen LogP contribution in [0.15, 0.2) is 67.1 Å². The molecule has 136 valence electrons. The van der Waals surface area contributed by atoms with Gasteiger partial charge in [-0.25, -0.2) is 9.97 Å². The number of nitrogens with zero attached hydrogens (tertiary/aromatic N) is 3. The third-order valence-corrected chi connectivity index (χ3v) is 4.66. The molecule has 0 aliphatic heterocycles. The predicted octanol–water partition coefficient (Wildman–Crippen LogP) is 5.46. The molecule has 0 atom stereocenters. The van der Waals surface area contributed by atoms with E-state index in [1.54, 1.807) is 6.33 Å². The van der Waals surface area contributed by atoms with Crippen LogP contribution >= 0.6 is 0 Å². The van der Waals surface area contributed by atoms with Crippen LogP contribution in [0, 0.1) is 12.8 Å². The zero-order chi connectivity index (χ0) is 18.8. The molecule has 0 amide bonds.